The molecule has 0 saturated heterocycles. The summed E-state index contributed by atoms with van der Waals surface area (Å²) in [5.74, 6) is 0. The minimum atomic E-state index is 0.238. The first-order chi connectivity index (χ1) is 7.74. The summed E-state index contributed by atoms with van der Waals surface area (Å²) < 4.78 is 0. The quantitative estimate of drug-likeness (QED) is 0.779. The zero-order chi connectivity index (χ0) is 11.5. The van der Waals surface area contributed by atoms with Gasteiger partial charge in [0.05, 0.1) is 5.69 Å². The van der Waals surface area contributed by atoms with E-state index in [1.165, 1.54) is 0 Å². The fraction of sp³-hybridized carbons (Fsp3) is 0.273. The molecule has 1 N–H and O–H groups in total. The second-order valence-electron chi connectivity index (χ2n) is 3.80. The molecule has 84 valence electrons. The van der Waals surface area contributed by atoms with Crippen molar-refractivity contribution in [1.82, 2.24) is 10.7 Å². The van der Waals surface area contributed by atoms with Crippen molar-refractivity contribution in [3.63, 3.8) is 0 Å². The molecule has 2 rings (SSSR count). The summed E-state index contributed by atoms with van der Waals surface area (Å²) in [4.78, 5) is 11.0. The summed E-state index contributed by atoms with van der Waals surface area (Å²) in [6, 6.07) is 7.65. The molecule has 1 aliphatic rings. The number of hydrogen-bond acceptors (Lipinski definition) is 5. The number of nitrogens with one attached hydrogen (secondary N) is 1. The van der Waals surface area contributed by atoms with Crippen molar-refractivity contribution in [2.45, 2.75) is 19.9 Å². The number of hydrogen-bond donors (Lipinski definition) is 1. The van der Waals surface area contributed by atoms with E-state index in [1.807, 2.05) is 42.2 Å². The Hall–Kier alpha value is -1.88. The minimum Gasteiger partial charge on any atom is -0.298 e. The van der Waals surface area contributed by atoms with Crippen LogP contribution in [0.4, 0.5) is 5.69 Å². The zero-order valence-electron chi connectivity index (χ0n) is 9.29. The topological polar surface area (TPSA) is 47.9 Å². The fourth-order valence-electron chi connectivity index (χ4n) is 1.58. The third-order valence-electron chi connectivity index (χ3n) is 2.36. The Morgan fingerprint density at radius 2 is 2.12 bits per heavy atom. The molecule has 5 nitrogen and oxygen atoms in total. The van der Waals surface area contributed by atoms with Gasteiger partial charge in [0.25, 0.3) is 0 Å². The van der Waals surface area contributed by atoms with Crippen LogP contribution in [0.1, 0.15) is 24.2 Å². The Bertz CT molecular complexity index is 416. The van der Waals surface area contributed by atoms with Gasteiger partial charge in [-0.3, -0.25) is 4.79 Å². The van der Waals surface area contributed by atoms with E-state index < -0.39 is 0 Å². The molecule has 1 aromatic carbocycles. The van der Waals surface area contributed by atoms with Gasteiger partial charge in [-0.05, 0) is 26.0 Å². The lowest BCUT2D eigenvalue weighted by molar-refractivity contribution is 0.112. The van der Waals surface area contributed by atoms with Crippen LogP contribution in [0.25, 0.3) is 0 Å². The molecule has 1 aromatic rings. The molecule has 0 radical (unpaired) electrons. The second kappa shape index (κ2) is 4.32. The van der Waals surface area contributed by atoms with Gasteiger partial charge in [0.15, 0.2) is 6.29 Å². The monoisotopic (exact) mass is 218 g/mol. The average Bonchev–Trinajstić information content (AvgIpc) is 2.77. The third kappa shape index (κ3) is 1.77. The molecule has 0 spiro atoms. The van der Waals surface area contributed by atoms with E-state index >= 15 is 0 Å². The Morgan fingerprint density at radius 1 is 1.38 bits per heavy atom. The SMILES string of the molecule is CC(C)N1NN=CN1c1ccccc1C=O. The molecule has 5 heteroatoms. The number of carbonyl (C=O) groups is 1. The maximum atomic E-state index is 11.0. The Labute approximate surface area is 94.3 Å². The molecule has 0 saturated carbocycles. The number of nitrogens with zero attached hydrogens (tertiary/aromatic N) is 3. The highest BCUT2D eigenvalue weighted by atomic mass is 16.1. The molecule has 0 aliphatic carbocycles. The van der Waals surface area contributed by atoms with E-state index in [2.05, 4.69) is 10.6 Å². The van der Waals surface area contributed by atoms with Crippen LogP contribution in [0.15, 0.2) is 29.4 Å². The Morgan fingerprint density at radius 3 is 2.81 bits per heavy atom. The van der Waals surface area contributed by atoms with Gasteiger partial charge in [0, 0.05) is 11.6 Å². The van der Waals surface area contributed by atoms with Crippen molar-refractivity contribution in [3.8, 4) is 0 Å². The van der Waals surface area contributed by atoms with E-state index in [0.29, 0.717) is 5.56 Å². The van der Waals surface area contributed by atoms with Gasteiger partial charge in [-0.2, -0.15) is 5.10 Å². The highest BCUT2D eigenvalue weighted by Crippen LogP contribution is 2.21. The van der Waals surface area contributed by atoms with Crippen molar-refractivity contribution >= 4 is 18.3 Å². The maximum Gasteiger partial charge on any atom is 0.152 e. The maximum absolute atomic E-state index is 11.0. The predicted molar refractivity (Wildman–Crippen MR) is 62.9 cm³/mol. The lowest BCUT2D eigenvalue weighted by Gasteiger charge is -2.30. The first kappa shape index (κ1) is 10.6. The van der Waals surface area contributed by atoms with Crippen molar-refractivity contribution in [2.24, 2.45) is 5.10 Å². The lowest BCUT2D eigenvalue weighted by atomic mass is 10.2. The number of benzene rings is 1. The third-order valence-corrected chi connectivity index (χ3v) is 2.36. The summed E-state index contributed by atoms with van der Waals surface area (Å²) in [6.07, 6.45) is 2.50. The molecule has 1 aliphatic heterocycles. The lowest BCUT2D eigenvalue weighted by Crippen LogP contribution is -2.47. The van der Waals surface area contributed by atoms with Gasteiger partial charge >= 0.3 is 0 Å². The summed E-state index contributed by atoms with van der Waals surface area (Å²) >= 11 is 0. The van der Waals surface area contributed by atoms with E-state index in [-0.39, 0.29) is 6.04 Å². The second-order valence-corrected chi connectivity index (χ2v) is 3.80. The summed E-state index contributed by atoms with van der Waals surface area (Å²) in [7, 11) is 0. The minimum absolute atomic E-state index is 0.238. The molecule has 0 bridgehead atoms. The molecule has 0 unspecified atom stereocenters. The van der Waals surface area contributed by atoms with Crippen LogP contribution in [-0.2, 0) is 0 Å². The van der Waals surface area contributed by atoms with Crippen LogP contribution < -0.4 is 10.5 Å². The number of hydrazine groups is 2. The van der Waals surface area contributed by atoms with Crippen molar-refractivity contribution < 1.29 is 4.79 Å². The van der Waals surface area contributed by atoms with Gasteiger partial charge in [-0.1, -0.05) is 12.1 Å². The van der Waals surface area contributed by atoms with Crippen molar-refractivity contribution in [2.75, 3.05) is 5.01 Å². The molecule has 1 heterocycles. The molecule has 16 heavy (non-hydrogen) atoms. The first-order valence-electron chi connectivity index (χ1n) is 5.15. The normalized spacial score (nSPS) is 15.6. The largest absolute Gasteiger partial charge is 0.298 e. The van der Waals surface area contributed by atoms with Crippen LogP contribution in [-0.4, -0.2) is 23.8 Å². The summed E-state index contributed by atoms with van der Waals surface area (Å²) in [5.41, 5.74) is 4.33. The van der Waals surface area contributed by atoms with Gasteiger partial charge in [-0.15, -0.1) is 5.12 Å². The molecular weight excluding hydrogens is 204 g/mol. The van der Waals surface area contributed by atoms with E-state index in [0.717, 1.165) is 12.0 Å². The van der Waals surface area contributed by atoms with Gasteiger partial charge in [-0.25, -0.2) is 10.5 Å². The molecule has 0 amide bonds. The van der Waals surface area contributed by atoms with Crippen LogP contribution in [0.5, 0.6) is 0 Å². The van der Waals surface area contributed by atoms with Gasteiger partial charge in [0.2, 0.25) is 0 Å². The van der Waals surface area contributed by atoms with E-state index in [1.54, 1.807) is 12.4 Å². The van der Waals surface area contributed by atoms with E-state index in [4.69, 9.17) is 0 Å². The standard InChI is InChI=1S/C11H14N4O/c1-9(2)15-13-12-8-14(15)11-6-4-3-5-10(11)7-16/h3-9,13H,1-2H3. The highest BCUT2D eigenvalue weighted by molar-refractivity contribution is 5.90. The van der Waals surface area contributed by atoms with Crippen molar-refractivity contribution in [1.29, 1.82) is 0 Å². The number of hydrazone groups is 1. The van der Waals surface area contributed by atoms with Gasteiger partial charge < -0.3 is 0 Å². The van der Waals surface area contributed by atoms with Crippen LogP contribution in [0.3, 0.4) is 0 Å². The summed E-state index contributed by atoms with van der Waals surface area (Å²) in [5, 5.41) is 7.66. The number of para-hydroxylation sites is 1. The van der Waals surface area contributed by atoms with Crippen LogP contribution in [0, 0.1) is 0 Å². The highest BCUT2D eigenvalue weighted by Gasteiger charge is 2.23. The van der Waals surface area contributed by atoms with E-state index in [9.17, 15) is 4.79 Å². The number of carbonyl (C=O) groups excluding carboxylic acids is 1. The van der Waals surface area contributed by atoms with Gasteiger partial charge in [0.1, 0.15) is 6.34 Å². The zero-order valence-corrected chi connectivity index (χ0v) is 9.29. The Balaban J connectivity index is 2.36. The fourth-order valence-corrected chi connectivity index (χ4v) is 1.58. The first-order valence-corrected chi connectivity index (χ1v) is 5.15. The number of aldehydes is 1. The molecule has 0 fully saturated rings. The van der Waals surface area contributed by atoms with Crippen LogP contribution >= 0.6 is 0 Å². The summed E-state index contributed by atoms with van der Waals surface area (Å²) in [6.45, 7) is 4.08. The van der Waals surface area contributed by atoms with Crippen molar-refractivity contribution in [3.05, 3.63) is 29.8 Å². The number of rotatable bonds is 3. The molecule has 0 atom stereocenters. The average molecular weight is 218 g/mol. The molecule has 0 aromatic heterocycles. The predicted octanol–water partition coefficient (Wildman–Crippen LogP) is 1.39. The number of anilines is 1. The smallest absolute Gasteiger partial charge is 0.152 e. The molecular formula is C11H14N4O. The Kier molecular flexibility index (Phi) is 2.87. The van der Waals surface area contributed by atoms with Crippen LogP contribution in [0.2, 0.25) is 0 Å².